The molecule has 2 aromatic carbocycles. The molecule has 186 valence electrons. The van der Waals surface area contributed by atoms with Gasteiger partial charge in [-0.25, -0.2) is 13.2 Å². The quantitative estimate of drug-likeness (QED) is 0.158. The topological polar surface area (TPSA) is 196 Å². The molecule has 12 nitrogen and oxygen atoms in total. The molecule has 2 aromatic rings. The van der Waals surface area contributed by atoms with Gasteiger partial charge in [0.15, 0.2) is 0 Å². The van der Waals surface area contributed by atoms with Crippen molar-refractivity contribution in [3.05, 3.63) is 47.5 Å². The predicted octanol–water partition coefficient (Wildman–Crippen LogP) is -0.744. The molecule has 0 bridgehead atoms. The molecular weight excluding hydrogens is 533 g/mol. The number of benzene rings is 2. The predicted molar refractivity (Wildman–Crippen MR) is 127 cm³/mol. The Kier molecular flexibility index (Phi) is 10.5. The summed E-state index contributed by atoms with van der Waals surface area (Å²) >= 11 is 0. The number of carbonyl (C=O) groups excluding carboxylic acids is 1. The molecule has 0 unspecified atom stereocenters. The summed E-state index contributed by atoms with van der Waals surface area (Å²) in [6.45, 7) is 3.45. The van der Waals surface area contributed by atoms with Gasteiger partial charge in [0.25, 0.3) is 20.2 Å². The molecule has 0 aliphatic carbocycles. The van der Waals surface area contributed by atoms with Crippen LogP contribution in [0.15, 0.2) is 46.2 Å². The summed E-state index contributed by atoms with van der Waals surface area (Å²) in [4.78, 5) is 10.6. The number of urea groups is 1. The third kappa shape index (κ3) is 9.89. The van der Waals surface area contributed by atoms with Gasteiger partial charge in [0, 0.05) is 17.4 Å². The van der Waals surface area contributed by atoms with E-state index in [4.69, 9.17) is 0 Å². The van der Waals surface area contributed by atoms with E-state index in [1.807, 2.05) is 0 Å². The van der Waals surface area contributed by atoms with Crippen LogP contribution < -0.4 is 44.9 Å². The molecule has 0 saturated heterocycles. The van der Waals surface area contributed by atoms with Gasteiger partial charge < -0.3 is 10.6 Å². The van der Waals surface area contributed by atoms with Crippen molar-refractivity contribution in [2.45, 2.75) is 29.7 Å². The molecule has 2 amide bonds. The van der Waals surface area contributed by atoms with Crippen LogP contribution in [-0.2, 0) is 30.3 Å². The van der Waals surface area contributed by atoms with Gasteiger partial charge in [-0.3, -0.25) is 13.8 Å². The normalized spacial score (nSPS) is 12.3. The van der Waals surface area contributed by atoms with Gasteiger partial charge in [0.1, 0.15) is 9.79 Å². The van der Waals surface area contributed by atoms with Crippen molar-refractivity contribution in [1.29, 1.82) is 0 Å². The first kappa shape index (κ1) is 31.1. The van der Waals surface area contributed by atoms with E-state index in [2.05, 4.69) is 15.4 Å². The Labute approximate surface area is 226 Å². The number of hydrogen-bond acceptors (Lipinski definition) is 7. The Morgan fingerprint density at radius 1 is 0.829 bits per heavy atom. The summed E-state index contributed by atoms with van der Waals surface area (Å²) in [6, 6.07) is 6.16. The van der Waals surface area contributed by atoms with E-state index in [-0.39, 0.29) is 58.1 Å². The minimum atomic E-state index is -4.79. The van der Waals surface area contributed by atoms with Gasteiger partial charge in [-0.1, -0.05) is 24.3 Å². The summed E-state index contributed by atoms with van der Waals surface area (Å²) in [5.74, 6) is 0. The Morgan fingerprint density at radius 3 is 1.66 bits per heavy atom. The SMILES string of the molecule is CC(C)NC(=O)Nc1ccc(/C=C/c2ccc(NS(C)(=O)=O)cc2S(=O)(=O)O)c(S(=O)(=O)O)c1.[Na+]. The summed E-state index contributed by atoms with van der Waals surface area (Å²) in [7, 11) is -13.3. The van der Waals surface area contributed by atoms with Gasteiger partial charge >= 0.3 is 35.6 Å². The van der Waals surface area contributed by atoms with Crippen molar-refractivity contribution < 1.29 is 68.7 Å². The van der Waals surface area contributed by atoms with E-state index in [1.54, 1.807) is 13.8 Å². The zero-order chi connectivity index (χ0) is 25.9. The summed E-state index contributed by atoms with van der Waals surface area (Å²) in [5.41, 5.74) is -0.211. The van der Waals surface area contributed by atoms with E-state index in [1.165, 1.54) is 24.3 Å². The van der Waals surface area contributed by atoms with E-state index < -0.39 is 46.1 Å². The van der Waals surface area contributed by atoms with Gasteiger partial charge in [-0.2, -0.15) is 16.8 Å². The van der Waals surface area contributed by atoms with Crippen molar-refractivity contribution in [3.8, 4) is 0 Å². The Bertz CT molecular complexity index is 1450. The monoisotopic (exact) mass is 556 g/mol. The van der Waals surface area contributed by atoms with Crippen LogP contribution in [0, 0.1) is 0 Å². The maximum absolute atomic E-state index is 11.9. The van der Waals surface area contributed by atoms with Crippen LogP contribution >= 0.6 is 0 Å². The largest absolute Gasteiger partial charge is 1.00 e. The second-order valence-electron chi connectivity index (χ2n) is 7.42. The van der Waals surface area contributed by atoms with Crippen molar-refractivity contribution in [2.75, 3.05) is 16.3 Å². The van der Waals surface area contributed by atoms with Crippen molar-refractivity contribution in [3.63, 3.8) is 0 Å². The molecule has 0 saturated carbocycles. The molecule has 0 atom stereocenters. The summed E-state index contributed by atoms with van der Waals surface area (Å²) in [5, 5.41) is 4.97. The molecule has 0 radical (unpaired) electrons. The molecule has 0 spiro atoms. The molecule has 35 heavy (non-hydrogen) atoms. The van der Waals surface area contributed by atoms with E-state index >= 15 is 0 Å². The van der Waals surface area contributed by atoms with Crippen LogP contribution in [0.3, 0.4) is 0 Å². The number of carbonyl (C=O) groups is 1. The molecular formula is C19H23N3NaO9S3+. The summed E-state index contributed by atoms with van der Waals surface area (Å²) < 4.78 is 91.3. The fourth-order valence-electron chi connectivity index (χ4n) is 2.76. The molecule has 0 aliphatic heterocycles. The first-order valence-corrected chi connectivity index (χ1v) is 14.2. The number of rotatable bonds is 8. The van der Waals surface area contributed by atoms with Gasteiger partial charge in [0.2, 0.25) is 10.0 Å². The molecule has 0 fully saturated rings. The first-order chi connectivity index (χ1) is 15.5. The van der Waals surface area contributed by atoms with Gasteiger partial charge in [-0.15, -0.1) is 0 Å². The fraction of sp³-hybridized carbons (Fsp3) is 0.211. The van der Waals surface area contributed by atoms with Crippen LogP contribution in [0.4, 0.5) is 16.2 Å². The maximum Gasteiger partial charge on any atom is 1.00 e. The number of sulfonamides is 1. The van der Waals surface area contributed by atoms with E-state index in [0.717, 1.165) is 30.5 Å². The molecule has 16 heteroatoms. The zero-order valence-electron chi connectivity index (χ0n) is 19.2. The van der Waals surface area contributed by atoms with E-state index in [9.17, 15) is 39.2 Å². The molecule has 2 rings (SSSR count). The average Bonchev–Trinajstić information content (AvgIpc) is 2.64. The van der Waals surface area contributed by atoms with Crippen molar-refractivity contribution in [2.24, 2.45) is 0 Å². The molecule has 0 aromatic heterocycles. The van der Waals surface area contributed by atoms with Crippen LogP contribution in [0.2, 0.25) is 0 Å². The Balaban J connectivity index is 0.00000612. The van der Waals surface area contributed by atoms with Crippen LogP contribution in [0.1, 0.15) is 25.0 Å². The Hall–Kier alpha value is -1.98. The minimum absolute atomic E-state index is 0. The zero-order valence-corrected chi connectivity index (χ0v) is 23.6. The van der Waals surface area contributed by atoms with Crippen molar-refractivity contribution >= 4 is 59.8 Å². The van der Waals surface area contributed by atoms with Gasteiger partial charge in [0.05, 0.1) is 6.26 Å². The maximum atomic E-state index is 11.9. The number of amides is 2. The third-order valence-electron chi connectivity index (χ3n) is 4.01. The first-order valence-electron chi connectivity index (χ1n) is 9.42. The van der Waals surface area contributed by atoms with Crippen molar-refractivity contribution in [1.82, 2.24) is 5.32 Å². The number of nitrogens with one attached hydrogen (secondary N) is 3. The minimum Gasteiger partial charge on any atom is -0.336 e. The molecule has 0 heterocycles. The van der Waals surface area contributed by atoms with Crippen LogP contribution in [-0.4, -0.2) is 52.7 Å². The molecule has 5 N–H and O–H groups in total. The fourth-order valence-corrected chi connectivity index (χ4v) is 4.73. The molecule has 0 aliphatic rings. The van der Waals surface area contributed by atoms with Gasteiger partial charge in [-0.05, 0) is 49.2 Å². The third-order valence-corrected chi connectivity index (χ3v) is 6.43. The Morgan fingerprint density at radius 2 is 1.26 bits per heavy atom. The van der Waals surface area contributed by atoms with Crippen LogP contribution in [0.5, 0.6) is 0 Å². The number of anilines is 2. The second kappa shape index (κ2) is 11.8. The summed E-state index contributed by atoms with van der Waals surface area (Å²) in [6.07, 6.45) is 3.17. The standard InChI is InChI=1S/C19H23N3O9S3.Na/c1-12(2)20-19(23)21-15-8-6-13(17(10-15)33(26,27)28)4-5-14-7-9-16(22-32(3,24)25)11-18(14)34(29,30)31;/h4-12,22H,1-3H3,(H2,20,21,23)(H,26,27,28)(H,29,30,31);/q;+1/b5-4+;. The number of hydrogen-bond donors (Lipinski definition) is 5. The van der Waals surface area contributed by atoms with Crippen LogP contribution in [0.25, 0.3) is 12.2 Å². The average molecular weight is 557 g/mol. The second-order valence-corrected chi connectivity index (χ2v) is 11.9. The smallest absolute Gasteiger partial charge is 0.336 e. The van der Waals surface area contributed by atoms with E-state index in [0.29, 0.717) is 0 Å².